The van der Waals surface area contributed by atoms with E-state index in [4.69, 9.17) is 4.74 Å². The lowest BCUT2D eigenvalue weighted by atomic mass is 10.1. The van der Waals surface area contributed by atoms with E-state index in [0.29, 0.717) is 6.61 Å². The van der Waals surface area contributed by atoms with Crippen molar-refractivity contribution >= 4 is 17.0 Å². The van der Waals surface area contributed by atoms with Crippen molar-refractivity contribution in [3.63, 3.8) is 0 Å². The summed E-state index contributed by atoms with van der Waals surface area (Å²) >= 11 is 1.66. The second-order valence-electron chi connectivity index (χ2n) is 8.60. The summed E-state index contributed by atoms with van der Waals surface area (Å²) in [4.78, 5) is 5.94. The van der Waals surface area contributed by atoms with Crippen LogP contribution in [0, 0.1) is 11.8 Å². The second-order valence-corrected chi connectivity index (χ2v) is 9.51. The van der Waals surface area contributed by atoms with Gasteiger partial charge in [-0.1, -0.05) is 17.9 Å². The van der Waals surface area contributed by atoms with Gasteiger partial charge in [-0.15, -0.1) is 11.3 Å². The molecule has 2 aliphatic rings. The first kappa shape index (κ1) is 20.3. The fraction of sp³-hybridized carbons (Fsp3) is 0.400. The van der Waals surface area contributed by atoms with E-state index >= 15 is 0 Å². The molecule has 1 fully saturated rings. The lowest BCUT2D eigenvalue weighted by molar-refractivity contribution is 0.107. The fourth-order valence-corrected chi connectivity index (χ4v) is 5.04. The van der Waals surface area contributed by atoms with E-state index in [2.05, 4.69) is 68.5 Å². The molecule has 1 aromatic carbocycles. The summed E-state index contributed by atoms with van der Waals surface area (Å²) in [5.74, 6) is 6.31. The van der Waals surface area contributed by atoms with Crippen LogP contribution in [0.5, 0.6) is 0 Å². The number of hydrogen-bond acceptors (Lipinski definition) is 5. The molecule has 1 aliphatic carbocycles. The number of aromatic nitrogens is 2. The van der Waals surface area contributed by atoms with E-state index in [0.717, 1.165) is 48.7 Å². The first-order valence-electron chi connectivity index (χ1n) is 10.9. The Balaban J connectivity index is 1.34. The van der Waals surface area contributed by atoms with E-state index in [9.17, 15) is 0 Å². The lowest BCUT2D eigenvalue weighted by Gasteiger charge is -2.34. The molecule has 1 aliphatic heterocycles. The number of nitrogens with zero attached hydrogens (tertiary/aromatic N) is 3. The number of H-pyrrole nitrogens is 1. The highest BCUT2D eigenvalue weighted by molar-refractivity contribution is 7.11. The number of hydrogen-bond donors (Lipinski definition) is 1. The molecule has 3 aromatic rings. The highest BCUT2D eigenvalue weighted by atomic mass is 32.1. The van der Waals surface area contributed by atoms with Crippen molar-refractivity contribution < 1.29 is 4.74 Å². The average molecular weight is 433 g/mol. The summed E-state index contributed by atoms with van der Waals surface area (Å²) in [6, 6.07) is 9.03. The van der Waals surface area contributed by atoms with Crippen molar-refractivity contribution in [2.24, 2.45) is 0 Å². The Labute approximate surface area is 188 Å². The lowest BCUT2D eigenvalue weighted by Crippen LogP contribution is -2.44. The molecule has 5 nitrogen and oxygen atoms in total. The Hall–Kier alpha value is -2.59. The van der Waals surface area contributed by atoms with Gasteiger partial charge in [0.15, 0.2) is 0 Å². The number of rotatable bonds is 4. The van der Waals surface area contributed by atoms with Crippen molar-refractivity contribution in [3.05, 3.63) is 45.6 Å². The summed E-state index contributed by atoms with van der Waals surface area (Å²) in [5.41, 5.74) is 8.67. The van der Waals surface area contributed by atoms with Gasteiger partial charge in [-0.25, -0.2) is 0 Å². The Morgan fingerprint density at radius 1 is 1.19 bits per heavy atom. The molecule has 0 bridgehead atoms. The van der Waals surface area contributed by atoms with Crippen LogP contribution in [-0.4, -0.2) is 61.0 Å². The molecule has 0 amide bonds. The standard InChI is InChI=1S/C25H28N4OS/c1-17(2)30-12-4-5-21-14-19(16-31-21)24-23-15-18-13-20(29-10-8-28(3)9-11-29)6-7-22(18)25(23)27-26-24/h6-7,13-14,16-17H,8-12,15H2,1-3H3,(H,26,27). The molecule has 0 saturated carbocycles. The predicted octanol–water partition coefficient (Wildman–Crippen LogP) is 4.24. The Bertz CT molecular complexity index is 1140. The minimum atomic E-state index is 0.207. The zero-order valence-electron chi connectivity index (χ0n) is 18.4. The van der Waals surface area contributed by atoms with Gasteiger partial charge in [-0.05, 0) is 44.7 Å². The van der Waals surface area contributed by atoms with Gasteiger partial charge in [-0.3, -0.25) is 5.10 Å². The number of ether oxygens (including phenoxy) is 1. The van der Waals surface area contributed by atoms with Crippen LogP contribution in [0.3, 0.4) is 0 Å². The minimum absolute atomic E-state index is 0.207. The molecule has 31 heavy (non-hydrogen) atoms. The molecule has 0 unspecified atom stereocenters. The van der Waals surface area contributed by atoms with Crippen molar-refractivity contribution in [1.82, 2.24) is 15.1 Å². The number of nitrogens with one attached hydrogen (secondary N) is 1. The summed E-state index contributed by atoms with van der Waals surface area (Å²) in [7, 11) is 2.20. The van der Waals surface area contributed by atoms with Gasteiger partial charge in [-0.2, -0.15) is 5.10 Å². The van der Waals surface area contributed by atoms with Gasteiger partial charge in [0, 0.05) is 60.4 Å². The third-order valence-corrected chi connectivity index (χ3v) is 6.88. The molecule has 0 atom stereocenters. The molecule has 5 rings (SSSR count). The monoisotopic (exact) mass is 432 g/mol. The predicted molar refractivity (Wildman–Crippen MR) is 128 cm³/mol. The number of anilines is 1. The summed E-state index contributed by atoms with van der Waals surface area (Å²) < 4.78 is 5.51. The number of thiophene rings is 1. The Morgan fingerprint density at radius 2 is 2.03 bits per heavy atom. The molecule has 1 N–H and O–H groups in total. The SMILES string of the molecule is CC(C)OCC#Cc1cc(-c2n[nH]c3c2Cc2cc(N4CCN(C)CC4)ccc2-3)cs1. The maximum absolute atomic E-state index is 5.51. The molecule has 2 aromatic heterocycles. The van der Waals surface area contributed by atoms with Gasteiger partial charge in [0.05, 0.1) is 22.4 Å². The smallest absolute Gasteiger partial charge is 0.108 e. The molecule has 0 spiro atoms. The quantitative estimate of drug-likeness (QED) is 0.490. The number of likely N-dealkylation sites (N-methyl/N-ethyl adjacent to an activating group) is 1. The van der Waals surface area contributed by atoms with Gasteiger partial charge in [0.2, 0.25) is 0 Å². The van der Waals surface area contributed by atoms with Crippen molar-refractivity contribution in [2.75, 3.05) is 44.7 Å². The third-order valence-electron chi connectivity index (χ3n) is 6.03. The van der Waals surface area contributed by atoms with Gasteiger partial charge in [0.1, 0.15) is 6.61 Å². The topological polar surface area (TPSA) is 44.4 Å². The molecule has 1 saturated heterocycles. The van der Waals surface area contributed by atoms with Crippen LogP contribution < -0.4 is 4.90 Å². The molecular formula is C25H28N4OS. The molecule has 160 valence electrons. The zero-order chi connectivity index (χ0) is 21.4. The van der Waals surface area contributed by atoms with Crippen molar-refractivity contribution in [2.45, 2.75) is 26.4 Å². The molecule has 0 radical (unpaired) electrons. The maximum Gasteiger partial charge on any atom is 0.108 e. The summed E-state index contributed by atoms with van der Waals surface area (Å²) in [5, 5.41) is 10.1. The molecule has 6 heteroatoms. The first-order chi connectivity index (χ1) is 15.1. The van der Waals surface area contributed by atoms with Crippen LogP contribution in [0.4, 0.5) is 5.69 Å². The van der Waals surface area contributed by atoms with Crippen molar-refractivity contribution in [3.8, 4) is 34.4 Å². The minimum Gasteiger partial charge on any atom is -0.369 e. The van der Waals surface area contributed by atoms with E-state index in [1.54, 1.807) is 11.3 Å². The molecule has 3 heterocycles. The number of aromatic amines is 1. The summed E-state index contributed by atoms with van der Waals surface area (Å²) in [6.07, 6.45) is 1.13. The fourth-order valence-electron chi connectivity index (χ4n) is 4.28. The number of piperazine rings is 1. The van der Waals surface area contributed by atoms with Crippen molar-refractivity contribution in [1.29, 1.82) is 0 Å². The Morgan fingerprint density at radius 3 is 2.84 bits per heavy atom. The van der Waals surface area contributed by atoms with Gasteiger partial charge in [0.25, 0.3) is 0 Å². The number of benzene rings is 1. The first-order valence-corrected chi connectivity index (χ1v) is 11.8. The molecular weight excluding hydrogens is 404 g/mol. The van der Waals surface area contributed by atoms with Crippen LogP contribution in [0.25, 0.3) is 22.5 Å². The third kappa shape index (κ3) is 4.14. The van der Waals surface area contributed by atoms with Crippen LogP contribution in [-0.2, 0) is 11.2 Å². The van der Waals surface area contributed by atoms with E-state index < -0.39 is 0 Å². The van der Waals surface area contributed by atoms with Crippen LogP contribution >= 0.6 is 11.3 Å². The van der Waals surface area contributed by atoms with Gasteiger partial charge >= 0.3 is 0 Å². The van der Waals surface area contributed by atoms with E-state index in [1.165, 1.54) is 28.1 Å². The van der Waals surface area contributed by atoms with E-state index in [-0.39, 0.29) is 6.10 Å². The van der Waals surface area contributed by atoms with Gasteiger partial charge < -0.3 is 14.5 Å². The van der Waals surface area contributed by atoms with Crippen LogP contribution in [0.1, 0.15) is 29.9 Å². The largest absolute Gasteiger partial charge is 0.369 e. The number of fused-ring (bicyclic) bond motifs is 3. The Kier molecular flexibility index (Phi) is 5.58. The average Bonchev–Trinajstić information content (AvgIpc) is 3.46. The highest BCUT2D eigenvalue weighted by Gasteiger charge is 2.26. The highest BCUT2D eigenvalue weighted by Crippen LogP contribution is 2.42. The second kappa shape index (κ2) is 8.51. The van der Waals surface area contributed by atoms with Crippen LogP contribution in [0.2, 0.25) is 0 Å². The zero-order valence-corrected chi connectivity index (χ0v) is 19.2. The summed E-state index contributed by atoms with van der Waals surface area (Å²) in [6.45, 7) is 8.94. The normalized spacial score (nSPS) is 15.7. The van der Waals surface area contributed by atoms with E-state index in [1.807, 2.05) is 13.8 Å². The maximum atomic E-state index is 5.51. The van der Waals surface area contributed by atoms with Crippen LogP contribution in [0.15, 0.2) is 29.6 Å².